The van der Waals surface area contributed by atoms with E-state index in [1.807, 2.05) is 6.92 Å². The number of rotatable bonds is 2. The maximum absolute atomic E-state index is 9.03. The van der Waals surface area contributed by atoms with Crippen LogP contribution >= 0.6 is 34.8 Å². The Kier molecular flexibility index (Phi) is 4.70. The van der Waals surface area contributed by atoms with Crippen molar-refractivity contribution in [2.75, 3.05) is 0 Å². The van der Waals surface area contributed by atoms with Crippen molar-refractivity contribution in [3.63, 3.8) is 0 Å². The molecule has 1 unspecified atom stereocenters. The largest absolute Gasteiger partial charge is 0.385 e. The third-order valence-electron chi connectivity index (χ3n) is 0.889. The Labute approximate surface area is 75.6 Å². The summed E-state index contributed by atoms with van der Waals surface area (Å²) < 4.78 is -1.61. The lowest BCUT2D eigenvalue weighted by atomic mass is 10.3. The Hall–Kier alpha value is 0.570. The van der Waals surface area contributed by atoms with Gasteiger partial charge in [-0.25, -0.2) is 0 Å². The molecule has 0 aromatic heterocycles. The molecule has 4 heteroatoms. The second-order valence-corrected chi connectivity index (χ2v) is 4.19. The molecule has 0 fully saturated rings. The highest BCUT2D eigenvalue weighted by molar-refractivity contribution is 6.68. The first-order valence-corrected chi connectivity index (χ1v) is 4.03. The van der Waals surface area contributed by atoms with Gasteiger partial charge in [-0.15, -0.1) is 0 Å². The Morgan fingerprint density at radius 2 is 2.00 bits per heavy atom. The van der Waals surface area contributed by atoms with Crippen molar-refractivity contribution in [3.8, 4) is 0 Å². The van der Waals surface area contributed by atoms with E-state index >= 15 is 0 Å². The van der Waals surface area contributed by atoms with Gasteiger partial charge in [-0.05, 0) is 6.42 Å². The lowest BCUT2D eigenvalue weighted by Gasteiger charge is -2.14. The normalized spacial score (nSPS) is 16.1. The van der Waals surface area contributed by atoms with Gasteiger partial charge in [0.15, 0.2) is 0 Å². The molecule has 1 N–H and O–H groups in total. The van der Waals surface area contributed by atoms with Crippen LogP contribution in [0.25, 0.3) is 0 Å². The van der Waals surface area contributed by atoms with E-state index in [0.29, 0.717) is 0 Å². The molecular formula is C6H9Cl3O. The number of allylic oxidation sites excluding steroid dienone is 1. The summed E-state index contributed by atoms with van der Waals surface area (Å²) in [6.07, 6.45) is 3.01. The molecule has 60 valence electrons. The highest BCUT2D eigenvalue weighted by atomic mass is 35.6. The first-order valence-electron chi connectivity index (χ1n) is 2.90. The first kappa shape index (κ1) is 10.6. The van der Waals surface area contributed by atoms with Crippen LogP contribution in [0.3, 0.4) is 0 Å². The molecule has 0 saturated carbocycles. The van der Waals surface area contributed by atoms with Gasteiger partial charge in [-0.1, -0.05) is 53.9 Å². The minimum Gasteiger partial charge on any atom is -0.385 e. The van der Waals surface area contributed by atoms with Crippen molar-refractivity contribution in [3.05, 3.63) is 12.2 Å². The summed E-state index contributed by atoms with van der Waals surface area (Å²) in [4.78, 5) is 0. The van der Waals surface area contributed by atoms with Gasteiger partial charge in [-0.2, -0.15) is 0 Å². The minimum atomic E-state index is -1.61. The zero-order chi connectivity index (χ0) is 8.20. The molecule has 0 aromatic rings. The topological polar surface area (TPSA) is 20.2 Å². The first-order chi connectivity index (χ1) is 4.48. The summed E-state index contributed by atoms with van der Waals surface area (Å²) in [7, 11) is 0. The monoisotopic (exact) mass is 202 g/mol. The van der Waals surface area contributed by atoms with Gasteiger partial charge in [0.05, 0.1) is 0 Å². The predicted molar refractivity (Wildman–Crippen MR) is 45.7 cm³/mol. The summed E-state index contributed by atoms with van der Waals surface area (Å²) in [5.74, 6) is 0. The molecule has 1 atom stereocenters. The van der Waals surface area contributed by atoms with Crippen LogP contribution in [0.4, 0.5) is 0 Å². The van der Waals surface area contributed by atoms with Crippen LogP contribution in [0.15, 0.2) is 12.2 Å². The third-order valence-corrected chi connectivity index (χ3v) is 1.56. The summed E-state index contributed by atoms with van der Waals surface area (Å²) in [6, 6.07) is 0. The zero-order valence-corrected chi connectivity index (χ0v) is 7.79. The van der Waals surface area contributed by atoms with Gasteiger partial charge in [0.25, 0.3) is 0 Å². The minimum absolute atomic E-state index is 0.817. The molecule has 0 amide bonds. The maximum Gasteiger partial charge on any atom is 0.219 e. The van der Waals surface area contributed by atoms with Crippen molar-refractivity contribution in [2.45, 2.75) is 23.2 Å². The Bertz CT molecular complexity index is 117. The van der Waals surface area contributed by atoms with E-state index in [4.69, 9.17) is 39.9 Å². The van der Waals surface area contributed by atoms with Crippen LogP contribution in [0.1, 0.15) is 13.3 Å². The van der Waals surface area contributed by atoms with E-state index in [-0.39, 0.29) is 0 Å². The van der Waals surface area contributed by atoms with Gasteiger partial charge in [0, 0.05) is 0 Å². The molecule has 0 aliphatic rings. The molecule has 1 nitrogen and oxygen atoms in total. The van der Waals surface area contributed by atoms with E-state index in [0.717, 1.165) is 6.42 Å². The third kappa shape index (κ3) is 4.40. The van der Waals surface area contributed by atoms with Crippen LogP contribution in [0, 0.1) is 0 Å². The second kappa shape index (κ2) is 4.45. The highest BCUT2D eigenvalue weighted by Crippen LogP contribution is 2.30. The average Bonchev–Trinajstić information content (AvgIpc) is 1.80. The Balaban J connectivity index is 3.84. The number of aliphatic hydroxyl groups is 1. The van der Waals surface area contributed by atoms with E-state index in [1.54, 1.807) is 6.08 Å². The molecule has 0 aliphatic carbocycles. The maximum atomic E-state index is 9.03. The number of aliphatic hydroxyl groups excluding tert-OH is 1. The van der Waals surface area contributed by atoms with Crippen molar-refractivity contribution in [1.82, 2.24) is 0 Å². The van der Waals surface area contributed by atoms with Crippen LogP contribution in [-0.2, 0) is 0 Å². The fourth-order valence-electron chi connectivity index (χ4n) is 0.374. The lowest BCUT2D eigenvalue weighted by molar-refractivity contribution is 0.227. The van der Waals surface area contributed by atoms with Crippen LogP contribution in [0.5, 0.6) is 0 Å². The molecule has 0 bridgehead atoms. The molecule has 10 heavy (non-hydrogen) atoms. The standard InChI is InChI=1S/C6H9Cl3O/c1-2-3-4-5(10)6(7,8)9/h3-5,10H,2H2,1H3/b4-3+. The molecule has 0 aromatic carbocycles. The fraction of sp³-hybridized carbons (Fsp3) is 0.667. The molecule has 0 radical (unpaired) electrons. The highest BCUT2D eigenvalue weighted by Gasteiger charge is 2.27. The fourth-order valence-corrected chi connectivity index (χ4v) is 0.592. The van der Waals surface area contributed by atoms with Crippen LogP contribution < -0.4 is 0 Å². The van der Waals surface area contributed by atoms with Gasteiger partial charge < -0.3 is 5.11 Å². The molecule has 0 aliphatic heterocycles. The lowest BCUT2D eigenvalue weighted by Crippen LogP contribution is -2.22. The van der Waals surface area contributed by atoms with E-state index in [9.17, 15) is 0 Å². The van der Waals surface area contributed by atoms with E-state index in [1.165, 1.54) is 6.08 Å². The van der Waals surface area contributed by atoms with Gasteiger partial charge in [0.1, 0.15) is 6.10 Å². The average molecular weight is 203 g/mol. The summed E-state index contributed by atoms with van der Waals surface area (Å²) >= 11 is 16.0. The second-order valence-electron chi connectivity index (χ2n) is 1.82. The van der Waals surface area contributed by atoms with Gasteiger partial charge >= 0.3 is 0 Å². The van der Waals surface area contributed by atoms with Crippen molar-refractivity contribution in [1.29, 1.82) is 0 Å². The predicted octanol–water partition coefficient (Wildman–Crippen LogP) is 2.68. The summed E-state index contributed by atoms with van der Waals surface area (Å²) in [6.45, 7) is 1.93. The summed E-state index contributed by atoms with van der Waals surface area (Å²) in [5, 5.41) is 9.03. The number of alkyl halides is 3. The van der Waals surface area contributed by atoms with E-state index in [2.05, 4.69) is 0 Å². The molecule has 0 heterocycles. The number of hydrogen-bond donors (Lipinski definition) is 1. The molecular weight excluding hydrogens is 194 g/mol. The summed E-state index contributed by atoms with van der Waals surface area (Å²) in [5.41, 5.74) is 0. The van der Waals surface area contributed by atoms with Crippen molar-refractivity contribution >= 4 is 34.8 Å². The Morgan fingerprint density at radius 1 is 1.50 bits per heavy atom. The number of halogens is 3. The SMILES string of the molecule is CC/C=C/C(O)C(Cl)(Cl)Cl. The van der Waals surface area contributed by atoms with E-state index < -0.39 is 9.90 Å². The van der Waals surface area contributed by atoms with Crippen LogP contribution in [-0.4, -0.2) is 15.0 Å². The Morgan fingerprint density at radius 3 is 2.30 bits per heavy atom. The molecule has 0 saturated heterocycles. The smallest absolute Gasteiger partial charge is 0.219 e. The van der Waals surface area contributed by atoms with Gasteiger partial charge in [0.2, 0.25) is 3.79 Å². The number of hydrogen-bond acceptors (Lipinski definition) is 1. The molecule has 0 rings (SSSR count). The van der Waals surface area contributed by atoms with Crippen LogP contribution in [0.2, 0.25) is 0 Å². The van der Waals surface area contributed by atoms with Crippen molar-refractivity contribution in [2.24, 2.45) is 0 Å². The quantitative estimate of drug-likeness (QED) is 0.540. The molecule has 0 spiro atoms. The van der Waals surface area contributed by atoms with Crippen molar-refractivity contribution < 1.29 is 5.11 Å². The van der Waals surface area contributed by atoms with Gasteiger partial charge in [-0.3, -0.25) is 0 Å². The zero-order valence-electron chi connectivity index (χ0n) is 5.52.